The third-order valence-corrected chi connectivity index (χ3v) is 4.65. The number of methoxy groups -OCH3 is 1. The number of benzene rings is 1. The molecule has 1 aromatic rings. The Morgan fingerprint density at radius 2 is 2.20 bits per heavy atom. The van der Waals surface area contributed by atoms with E-state index in [2.05, 4.69) is 22.1 Å². The zero-order chi connectivity index (χ0) is 17.4. The number of ether oxygens (including phenoxy) is 2. The number of nitrogens with zero attached hydrogens (tertiary/aromatic N) is 2. The molecule has 1 saturated heterocycles. The summed E-state index contributed by atoms with van der Waals surface area (Å²) in [5.41, 5.74) is 0. The van der Waals surface area contributed by atoms with Gasteiger partial charge in [0.25, 0.3) is 0 Å². The fraction of sp³-hybridized carbons (Fsp3) is 0.588. The number of likely N-dealkylation sites (tertiary alicyclic amines) is 1. The average Bonchev–Trinajstić information content (AvgIpc) is 3.03. The highest BCUT2D eigenvalue weighted by molar-refractivity contribution is 14.0. The molecule has 0 bridgehead atoms. The minimum absolute atomic E-state index is 0. The summed E-state index contributed by atoms with van der Waals surface area (Å²) in [6.07, 6.45) is 1.13. The summed E-state index contributed by atoms with van der Waals surface area (Å²) < 4.78 is 10.9. The van der Waals surface area contributed by atoms with Crippen LogP contribution >= 0.6 is 47.2 Å². The van der Waals surface area contributed by atoms with Crippen LogP contribution in [0.15, 0.2) is 23.2 Å². The van der Waals surface area contributed by atoms with E-state index in [1.165, 1.54) is 0 Å². The molecule has 1 fully saturated rings. The molecule has 1 atom stereocenters. The highest BCUT2D eigenvalue weighted by atomic mass is 127. The van der Waals surface area contributed by atoms with Crippen molar-refractivity contribution in [3.05, 3.63) is 28.2 Å². The molecule has 5 nitrogen and oxygen atoms in total. The summed E-state index contributed by atoms with van der Waals surface area (Å²) in [7, 11) is 1.75. The van der Waals surface area contributed by atoms with E-state index >= 15 is 0 Å². The standard InChI is InChI=1S/C17H25Cl2N3O2.HI/c1-3-20-17(22-9-7-13(11-22)12-23-2)21-8-10-24-15-6-4-5-14(18)16(15)19;/h4-6,13H,3,7-12H2,1-2H3,(H,20,21);1H. The Hall–Kier alpha value is -0.440. The highest BCUT2D eigenvalue weighted by Crippen LogP contribution is 2.31. The summed E-state index contributed by atoms with van der Waals surface area (Å²) in [5, 5.41) is 4.27. The zero-order valence-corrected chi connectivity index (χ0v) is 18.5. The van der Waals surface area contributed by atoms with Gasteiger partial charge in [-0.3, -0.25) is 0 Å². The Labute approximate surface area is 177 Å². The van der Waals surface area contributed by atoms with Gasteiger partial charge >= 0.3 is 0 Å². The second-order valence-electron chi connectivity index (χ2n) is 5.69. The van der Waals surface area contributed by atoms with E-state index in [9.17, 15) is 0 Å². The van der Waals surface area contributed by atoms with Crippen LogP contribution < -0.4 is 10.1 Å². The molecular formula is C17H26Cl2IN3O2. The Morgan fingerprint density at radius 3 is 2.92 bits per heavy atom. The quantitative estimate of drug-likeness (QED) is 0.266. The van der Waals surface area contributed by atoms with Gasteiger partial charge in [-0.05, 0) is 25.5 Å². The van der Waals surface area contributed by atoms with Gasteiger partial charge in [0.1, 0.15) is 17.4 Å². The number of halogens is 3. The predicted octanol–water partition coefficient (Wildman–Crippen LogP) is 3.92. The lowest BCUT2D eigenvalue weighted by Crippen LogP contribution is -2.40. The summed E-state index contributed by atoms with van der Waals surface area (Å²) in [5.74, 6) is 2.09. The van der Waals surface area contributed by atoms with E-state index in [1.807, 2.05) is 6.07 Å². The van der Waals surface area contributed by atoms with Gasteiger partial charge in [0, 0.05) is 32.7 Å². The molecule has 0 radical (unpaired) electrons. The van der Waals surface area contributed by atoms with Gasteiger partial charge in [-0.1, -0.05) is 29.3 Å². The first-order chi connectivity index (χ1) is 11.7. The second kappa shape index (κ2) is 12.0. The maximum Gasteiger partial charge on any atom is 0.194 e. The van der Waals surface area contributed by atoms with Crippen LogP contribution in [0.1, 0.15) is 13.3 Å². The van der Waals surface area contributed by atoms with Crippen LogP contribution in [0.25, 0.3) is 0 Å². The van der Waals surface area contributed by atoms with Crippen molar-refractivity contribution in [3.63, 3.8) is 0 Å². The molecule has 0 amide bonds. The number of hydrogen-bond acceptors (Lipinski definition) is 3. The van der Waals surface area contributed by atoms with Crippen molar-refractivity contribution in [3.8, 4) is 5.75 Å². The van der Waals surface area contributed by atoms with Crippen LogP contribution in [0.2, 0.25) is 10.0 Å². The zero-order valence-electron chi connectivity index (χ0n) is 14.6. The first-order valence-electron chi connectivity index (χ1n) is 8.24. The molecule has 1 unspecified atom stereocenters. The van der Waals surface area contributed by atoms with Gasteiger partial charge in [-0.25, -0.2) is 4.99 Å². The predicted molar refractivity (Wildman–Crippen MR) is 115 cm³/mol. The third-order valence-electron chi connectivity index (χ3n) is 3.85. The SMILES string of the molecule is CCNC(=NCCOc1cccc(Cl)c1Cl)N1CCC(COC)C1.I. The molecule has 1 heterocycles. The second-order valence-corrected chi connectivity index (χ2v) is 6.48. The minimum atomic E-state index is 0. The lowest BCUT2D eigenvalue weighted by molar-refractivity contribution is 0.157. The average molecular weight is 502 g/mol. The van der Waals surface area contributed by atoms with E-state index in [1.54, 1.807) is 19.2 Å². The molecule has 1 aliphatic rings. The van der Waals surface area contributed by atoms with Crippen LogP contribution in [0.3, 0.4) is 0 Å². The fourth-order valence-electron chi connectivity index (χ4n) is 2.73. The number of hydrogen-bond donors (Lipinski definition) is 1. The third kappa shape index (κ3) is 7.00. The molecule has 1 aromatic carbocycles. The monoisotopic (exact) mass is 501 g/mol. The molecule has 142 valence electrons. The fourth-order valence-corrected chi connectivity index (χ4v) is 3.07. The number of rotatable bonds is 7. The number of nitrogens with one attached hydrogen (secondary N) is 1. The normalized spacial score (nSPS) is 17.4. The lowest BCUT2D eigenvalue weighted by Gasteiger charge is -2.21. The van der Waals surface area contributed by atoms with Gasteiger partial charge in [-0.15, -0.1) is 24.0 Å². The van der Waals surface area contributed by atoms with E-state index in [4.69, 9.17) is 32.7 Å². The van der Waals surface area contributed by atoms with Crippen LogP contribution in [0.4, 0.5) is 0 Å². The maximum atomic E-state index is 6.11. The first-order valence-corrected chi connectivity index (χ1v) is 9.00. The number of aliphatic imine (C=N–C) groups is 1. The van der Waals surface area contributed by atoms with Gasteiger partial charge in [0.2, 0.25) is 0 Å². The van der Waals surface area contributed by atoms with Crippen LogP contribution in [-0.4, -0.2) is 57.4 Å². The van der Waals surface area contributed by atoms with Gasteiger partial charge in [0.05, 0.1) is 18.2 Å². The van der Waals surface area contributed by atoms with Crippen molar-refractivity contribution in [1.29, 1.82) is 0 Å². The Bertz CT molecular complexity index is 561. The smallest absolute Gasteiger partial charge is 0.194 e. The van der Waals surface area contributed by atoms with Gasteiger partial charge in [0.15, 0.2) is 5.96 Å². The molecule has 0 aromatic heterocycles. The number of guanidine groups is 1. The molecule has 0 aliphatic carbocycles. The minimum Gasteiger partial charge on any atom is -0.490 e. The molecule has 0 saturated carbocycles. The summed E-state index contributed by atoms with van der Waals surface area (Å²) >= 11 is 12.1. The van der Waals surface area contributed by atoms with Gasteiger partial charge in [-0.2, -0.15) is 0 Å². The lowest BCUT2D eigenvalue weighted by atomic mass is 10.1. The van der Waals surface area contributed by atoms with E-state index in [-0.39, 0.29) is 24.0 Å². The van der Waals surface area contributed by atoms with Crippen molar-refractivity contribution < 1.29 is 9.47 Å². The maximum absolute atomic E-state index is 6.11. The van der Waals surface area contributed by atoms with Crippen molar-refractivity contribution >= 4 is 53.1 Å². The van der Waals surface area contributed by atoms with Crippen molar-refractivity contribution in [2.75, 3.05) is 46.5 Å². The van der Waals surface area contributed by atoms with E-state index in [0.29, 0.717) is 34.9 Å². The van der Waals surface area contributed by atoms with Crippen molar-refractivity contribution in [1.82, 2.24) is 10.2 Å². The van der Waals surface area contributed by atoms with E-state index in [0.717, 1.165) is 38.6 Å². The van der Waals surface area contributed by atoms with Crippen LogP contribution in [-0.2, 0) is 4.74 Å². The molecule has 1 aliphatic heterocycles. The van der Waals surface area contributed by atoms with Crippen LogP contribution in [0.5, 0.6) is 5.75 Å². The van der Waals surface area contributed by atoms with Crippen LogP contribution in [0, 0.1) is 5.92 Å². The molecule has 25 heavy (non-hydrogen) atoms. The molecule has 0 spiro atoms. The Morgan fingerprint density at radius 1 is 1.40 bits per heavy atom. The highest BCUT2D eigenvalue weighted by Gasteiger charge is 2.24. The molecule has 8 heteroatoms. The largest absolute Gasteiger partial charge is 0.490 e. The molecule has 2 rings (SSSR count). The Kier molecular flexibility index (Phi) is 10.9. The Balaban J connectivity index is 0.00000312. The first kappa shape index (κ1) is 22.6. The molecular weight excluding hydrogens is 476 g/mol. The summed E-state index contributed by atoms with van der Waals surface area (Å²) in [6.45, 7) is 6.68. The molecule has 1 N–H and O–H groups in total. The summed E-state index contributed by atoms with van der Waals surface area (Å²) in [6, 6.07) is 5.36. The van der Waals surface area contributed by atoms with Crippen molar-refractivity contribution in [2.45, 2.75) is 13.3 Å². The van der Waals surface area contributed by atoms with Crippen molar-refractivity contribution in [2.24, 2.45) is 10.9 Å². The topological polar surface area (TPSA) is 46.1 Å². The summed E-state index contributed by atoms with van der Waals surface area (Å²) in [4.78, 5) is 6.92. The van der Waals surface area contributed by atoms with E-state index < -0.39 is 0 Å². The van der Waals surface area contributed by atoms with Gasteiger partial charge < -0.3 is 19.7 Å².